The molecule has 0 aliphatic heterocycles. The molecule has 0 aromatic heterocycles. The molecule has 0 heterocycles. The van der Waals surface area contributed by atoms with E-state index in [9.17, 15) is 4.79 Å². The average molecular weight is 227 g/mol. The van der Waals surface area contributed by atoms with E-state index in [1.54, 1.807) is 43.5 Å². The summed E-state index contributed by atoms with van der Waals surface area (Å²) >= 11 is 0. The number of anilines is 1. The Balaban J connectivity index is 2.77. The molecular formula is C11H9N5O. The molecular weight excluding hydrogens is 218 g/mol. The van der Waals surface area contributed by atoms with Crippen molar-refractivity contribution in [3.8, 4) is 12.1 Å². The fourth-order valence-corrected chi connectivity index (χ4v) is 1.04. The van der Waals surface area contributed by atoms with E-state index in [-0.39, 0.29) is 11.6 Å². The molecule has 1 aromatic carbocycles. The highest BCUT2D eigenvalue weighted by Crippen LogP contribution is 2.09. The van der Waals surface area contributed by atoms with Gasteiger partial charge in [-0.25, -0.2) is 0 Å². The first-order chi connectivity index (χ1) is 8.21. The van der Waals surface area contributed by atoms with Crippen molar-refractivity contribution in [1.82, 2.24) is 5.32 Å². The SMILES string of the molecule is CNC(=O)c1ccc(NN=C(C#N)C#N)cc1. The summed E-state index contributed by atoms with van der Waals surface area (Å²) in [5.74, 6) is -0.185. The summed E-state index contributed by atoms with van der Waals surface area (Å²) in [4.78, 5) is 11.2. The van der Waals surface area contributed by atoms with Crippen molar-refractivity contribution < 1.29 is 4.79 Å². The van der Waals surface area contributed by atoms with Gasteiger partial charge in [0.2, 0.25) is 5.71 Å². The molecule has 0 fully saturated rings. The van der Waals surface area contributed by atoms with Crippen LogP contribution < -0.4 is 10.7 Å². The highest BCUT2D eigenvalue weighted by atomic mass is 16.1. The molecule has 6 nitrogen and oxygen atoms in total. The van der Waals surface area contributed by atoms with Crippen LogP contribution in [0.1, 0.15) is 10.4 Å². The first-order valence-corrected chi connectivity index (χ1v) is 4.67. The number of hydrogen-bond acceptors (Lipinski definition) is 5. The number of nitrogens with zero attached hydrogens (tertiary/aromatic N) is 3. The van der Waals surface area contributed by atoms with Crippen LogP contribution in [-0.2, 0) is 0 Å². The topological polar surface area (TPSA) is 101 Å². The van der Waals surface area contributed by atoms with Gasteiger partial charge in [-0.3, -0.25) is 10.2 Å². The zero-order valence-electron chi connectivity index (χ0n) is 9.06. The summed E-state index contributed by atoms with van der Waals surface area (Å²) in [7, 11) is 1.55. The van der Waals surface area contributed by atoms with E-state index in [1.165, 1.54) is 0 Å². The van der Waals surface area contributed by atoms with Gasteiger partial charge in [-0.15, -0.1) is 0 Å². The second-order valence-corrected chi connectivity index (χ2v) is 2.95. The quantitative estimate of drug-likeness (QED) is 0.590. The van der Waals surface area contributed by atoms with Crippen molar-refractivity contribution in [3.05, 3.63) is 29.8 Å². The number of benzene rings is 1. The smallest absolute Gasteiger partial charge is 0.251 e. The molecule has 1 rings (SSSR count). The summed E-state index contributed by atoms with van der Waals surface area (Å²) in [6.07, 6.45) is 0. The van der Waals surface area contributed by atoms with Crippen LogP contribution in [0.3, 0.4) is 0 Å². The maximum atomic E-state index is 11.2. The van der Waals surface area contributed by atoms with Gasteiger partial charge in [0.1, 0.15) is 12.1 Å². The third-order valence-corrected chi connectivity index (χ3v) is 1.88. The number of nitriles is 2. The Bertz CT molecular complexity index is 502. The van der Waals surface area contributed by atoms with Crippen molar-refractivity contribution in [2.24, 2.45) is 5.10 Å². The van der Waals surface area contributed by atoms with E-state index in [0.29, 0.717) is 11.3 Å². The van der Waals surface area contributed by atoms with Crippen LogP contribution in [0.5, 0.6) is 0 Å². The van der Waals surface area contributed by atoms with Crippen molar-refractivity contribution in [1.29, 1.82) is 10.5 Å². The average Bonchev–Trinajstić information content (AvgIpc) is 2.39. The molecule has 0 atom stereocenters. The Morgan fingerprint density at radius 1 is 1.24 bits per heavy atom. The van der Waals surface area contributed by atoms with Gasteiger partial charge in [0.05, 0.1) is 5.69 Å². The fraction of sp³-hybridized carbons (Fsp3) is 0.0909. The van der Waals surface area contributed by atoms with Gasteiger partial charge in [-0.05, 0) is 24.3 Å². The lowest BCUT2D eigenvalue weighted by atomic mass is 10.2. The van der Waals surface area contributed by atoms with Gasteiger partial charge >= 0.3 is 0 Å². The molecule has 1 amide bonds. The predicted octanol–water partition coefficient (Wildman–Crippen LogP) is 0.861. The second kappa shape index (κ2) is 5.89. The molecule has 1 aromatic rings. The molecule has 2 N–H and O–H groups in total. The van der Waals surface area contributed by atoms with Gasteiger partial charge in [0, 0.05) is 12.6 Å². The molecule has 17 heavy (non-hydrogen) atoms. The summed E-state index contributed by atoms with van der Waals surface area (Å²) in [5.41, 5.74) is 3.38. The minimum Gasteiger partial charge on any atom is -0.355 e. The van der Waals surface area contributed by atoms with Crippen LogP contribution >= 0.6 is 0 Å². The third kappa shape index (κ3) is 3.33. The molecule has 0 unspecified atom stereocenters. The van der Waals surface area contributed by atoms with Crippen LogP contribution in [0, 0.1) is 22.7 Å². The van der Waals surface area contributed by atoms with Gasteiger partial charge in [0.25, 0.3) is 5.91 Å². The Kier molecular flexibility index (Phi) is 4.23. The Labute approximate surface area is 98.2 Å². The van der Waals surface area contributed by atoms with E-state index in [2.05, 4.69) is 15.8 Å². The van der Waals surface area contributed by atoms with Crippen LogP contribution in [-0.4, -0.2) is 18.7 Å². The number of nitrogens with one attached hydrogen (secondary N) is 2. The summed E-state index contributed by atoms with van der Waals surface area (Å²) < 4.78 is 0. The number of amides is 1. The Hall–Kier alpha value is -2.86. The minimum absolute atomic E-state index is 0.185. The van der Waals surface area contributed by atoms with Crippen LogP contribution in [0.2, 0.25) is 0 Å². The molecule has 0 saturated carbocycles. The lowest BCUT2D eigenvalue weighted by Crippen LogP contribution is -2.17. The van der Waals surface area contributed by atoms with E-state index in [0.717, 1.165) is 0 Å². The summed E-state index contributed by atoms with van der Waals surface area (Å²) in [5, 5.41) is 23.0. The van der Waals surface area contributed by atoms with Gasteiger partial charge in [0.15, 0.2) is 0 Å². The Morgan fingerprint density at radius 2 is 1.82 bits per heavy atom. The molecule has 0 saturated heterocycles. The normalized spacial score (nSPS) is 8.41. The van der Waals surface area contributed by atoms with E-state index in [1.807, 2.05) is 0 Å². The van der Waals surface area contributed by atoms with Crippen molar-refractivity contribution in [3.63, 3.8) is 0 Å². The standard InChI is InChI=1S/C11H9N5O/c1-14-11(17)8-2-4-9(5-3-8)15-16-10(6-12)7-13/h2-5,15H,1H3,(H,14,17). The van der Waals surface area contributed by atoms with Gasteiger partial charge < -0.3 is 5.32 Å². The predicted molar refractivity (Wildman–Crippen MR) is 62.1 cm³/mol. The van der Waals surface area contributed by atoms with Crippen LogP contribution in [0.25, 0.3) is 0 Å². The highest BCUT2D eigenvalue weighted by Gasteiger charge is 2.01. The van der Waals surface area contributed by atoms with Gasteiger partial charge in [-0.1, -0.05) is 0 Å². The van der Waals surface area contributed by atoms with E-state index < -0.39 is 0 Å². The van der Waals surface area contributed by atoms with Crippen LogP contribution in [0.4, 0.5) is 5.69 Å². The number of hydrazone groups is 1. The zero-order valence-corrected chi connectivity index (χ0v) is 9.06. The monoisotopic (exact) mass is 227 g/mol. The van der Waals surface area contributed by atoms with E-state index >= 15 is 0 Å². The van der Waals surface area contributed by atoms with Crippen molar-refractivity contribution >= 4 is 17.3 Å². The second-order valence-electron chi connectivity index (χ2n) is 2.95. The first-order valence-electron chi connectivity index (χ1n) is 4.67. The molecule has 6 heteroatoms. The number of rotatable bonds is 3. The highest BCUT2D eigenvalue weighted by molar-refractivity contribution is 6.10. The molecule has 0 aliphatic carbocycles. The number of carbonyl (C=O) groups is 1. The van der Waals surface area contributed by atoms with E-state index in [4.69, 9.17) is 10.5 Å². The van der Waals surface area contributed by atoms with Crippen molar-refractivity contribution in [2.75, 3.05) is 12.5 Å². The molecule has 0 bridgehead atoms. The first kappa shape index (κ1) is 12.2. The lowest BCUT2D eigenvalue weighted by Gasteiger charge is -2.02. The van der Waals surface area contributed by atoms with Crippen LogP contribution in [0.15, 0.2) is 29.4 Å². The van der Waals surface area contributed by atoms with Gasteiger partial charge in [-0.2, -0.15) is 15.6 Å². The maximum Gasteiger partial charge on any atom is 0.251 e. The molecule has 0 spiro atoms. The third-order valence-electron chi connectivity index (χ3n) is 1.88. The molecule has 84 valence electrons. The zero-order chi connectivity index (χ0) is 12.7. The number of hydrogen-bond donors (Lipinski definition) is 2. The fourth-order valence-electron chi connectivity index (χ4n) is 1.04. The largest absolute Gasteiger partial charge is 0.355 e. The summed E-state index contributed by atoms with van der Waals surface area (Å²) in [6, 6.07) is 9.71. The Morgan fingerprint density at radius 3 is 2.29 bits per heavy atom. The molecule has 0 aliphatic rings. The minimum atomic E-state index is -0.264. The maximum absolute atomic E-state index is 11.2. The lowest BCUT2D eigenvalue weighted by molar-refractivity contribution is 0.0963. The molecule has 0 radical (unpaired) electrons. The summed E-state index contributed by atoms with van der Waals surface area (Å²) in [6.45, 7) is 0. The number of carbonyl (C=O) groups excluding carboxylic acids is 1. The van der Waals surface area contributed by atoms with Crippen molar-refractivity contribution in [2.45, 2.75) is 0 Å².